The molecular weight excluding hydrogens is 452 g/mol. The number of esters is 1. The van der Waals surface area contributed by atoms with Gasteiger partial charge in [-0.15, -0.1) is 0 Å². The SMILES string of the molecule is Cc1cc(Br)c(NC(=O)COC(=O)c2cccc(N(C)C)c2)c(Br)c1. The summed E-state index contributed by atoms with van der Waals surface area (Å²) in [6.07, 6.45) is 0. The Balaban J connectivity index is 1.98. The second-order valence-electron chi connectivity index (χ2n) is 5.67. The van der Waals surface area contributed by atoms with E-state index in [0.29, 0.717) is 11.3 Å². The zero-order valence-corrected chi connectivity index (χ0v) is 17.3. The molecule has 0 aliphatic carbocycles. The number of carbonyl (C=O) groups is 2. The lowest BCUT2D eigenvalue weighted by Gasteiger charge is -2.13. The predicted octanol–water partition coefficient (Wildman–Crippen LogP) is 4.38. The van der Waals surface area contributed by atoms with Gasteiger partial charge in [0.05, 0.1) is 11.3 Å². The zero-order chi connectivity index (χ0) is 18.6. The topological polar surface area (TPSA) is 58.6 Å². The molecule has 0 aromatic heterocycles. The number of rotatable bonds is 5. The zero-order valence-electron chi connectivity index (χ0n) is 14.1. The Morgan fingerprint density at radius 1 is 1.12 bits per heavy atom. The van der Waals surface area contributed by atoms with Crippen molar-refractivity contribution < 1.29 is 14.3 Å². The summed E-state index contributed by atoms with van der Waals surface area (Å²) < 4.78 is 6.60. The first kappa shape index (κ1) is 19.5. The van der Waals surface area contributed by atoms with Gasteiger partial charge in [0.2, 0.25) is 0 Å². The second kappa shape index (κ2) is 8.49. The third-order valence-corrected chi connectivity index (χ3v) is 4.63. The van der Waals surface area contributed by atoms with Gasteiger partial charge in [0.1, 0.15) is 0 Å². The van der Waals surface area contributed by atoms with Crippen molar-refractivity contribution >= 4 is 55.1 Å². The van der Waals surface area contributed by atoms with Gasteiger partial charge in [-0.2, -0.15) is 0 Å². The van der Waals surface area contributed by atoms with Gasteiger partial charge in [-0.25, -0.2) is 4.79 Å². The fourth-order valence-electron chi connectivity index (χ4n) is 2.12. The van der Waals surface area contributed by atoms with Crippen molar-refractivity contribution in [2.45, 2.75) is 6.92 Å². The van der Waals surface area contributed by atoms with E-state index in [1.54, 1.807) is 18.2 Å². The number of nitrogens with one attached hydrogen (secondary N) is 1. The van der Waals surface area contributed by atoms with Crippen LogP contribution in [0, 0.1) is 6.92 Å². The van der Waals surface area contributed by atoms with Crippen LogP contribution < -0.4 is 10.2 Å². The van der Waals surface area contributed by atoms with E-state index in [9.17, 15) is 9.59 Å². The Hall–Kier alpha value is -1.86. The molecule has 132 valence electrons. The summed E-state index contributed by atoms with van der Waals surface area (Å²) in [5.74, 6) is -0.955. The molecular formula is C18H18Br2N2O3. The van der Waals surface area contributed by atoms with Crippen LogP contribution in [0.3, 0.4) is 0 Å². The van der Waals surface area contributed by atoms with Gasteiger partial charge in [0.25, 0.3) is 5.91 Å². The number of benzene rings is 2. The number of amides is 1. The van der Waals surface area contributed by atoms with Crippen molar-refractivity contribution in [1.82, 2.24) is 0 Å². The number of hydrogen-bond donors (Lipinski definition) is 1. The van der Waals surface area contributed by atoms with Crippen LogP contribution in [0.5, 0.6) is 0 Å². The third-order valence-electron chi connectivity index (χ3n) is 3.38. The van der Waals surface area contributed by atoms with Crippen molar-refractivity contribution in [2.75, 3.05) is 30.9 Å². The number of nitrogens with zero attached hydrogens (tertiary/aromatic N) is 1. The molecule has 0 saturated carbocycles. The summed E-state index contributed by atoms with van der Waals surface area (Å²) in [4.78, 5) is 26.1. The normalized spacial score (nSPS) is 10.3. The second-order valence-corrected chi connectivity index (χ2v) is 7.38. The van der Waals surface area contributed by atoms with Crippen LogP contribution in [0.25, 0.3) is 0 Å². The molecule has 0 radical (unpaired) electrons. The highest BCUT2D eigenvalue weighted by atomic mass is 79.9. The van der Waals surface area contributed by atoms with E-state index >= 15 is 0 Å². The minimum Gasteiger partial charge on any atom is -0.452 e. The minimum atomic E-state index is -0.541. The molecule has 2 rings (SSSR count). The molecule has 25 heavy (non-hydrogen) atoms. The molecule has 0 unspecified atom stereocenters. The van der Waals surface area contributed by atoms with E-state index < -0.39 is 11.9 Å². The number of hydrogen-bond acceptors (Lipinski definition) is 4. The molecule has 0 aliphatic rings. The Bertz CT molecular complexity index is 784. The fraction of sp³-hybridized carbons (Fsp3) is 0.222. The monoisotopic (exact) mass is 468 g/mol. The van der Waals surface area contributed by atoms with Crippen molar-refractivity contribution in [3.05, 3.63) is 56.5 Å². The molecule has 0 atom stereocenters. The first-order chi connectivity index (χ1) is 11.8. The van der Waals surface area contributed by atoms with Crippen LogP contribution in [0.1, 0.15) is 15.9 Å². The average Bonchev–Trinajstić information content (AvgIpc) is 2.56. The number of carbonyl (C=O) groups excluding carboxylic acids is 2. The first-order valence-corrected chi connectivity index (χ1v) is 9.06. The van der Waals surface area contributed by atoms with Crippen molar-refractivity contribution in [1.29, 1.82) is 0 Å². The lowest BCUT2D eigenvalue weighted by atomic mass is 10.2. The van der Waals surface area contributed by atoms with Gasteiger partial charge in [0.15, 0.2) is 6.61 Å². The van der Waals surface area contributed by atoms with Gasteiger partial charge < -0.3 is 15.0 Å². The largest absolute Gasteiger partial charge is 0.452 e. The third kappa shape index (κ3) is 5.31. The standard InChI is InChI=1S/C18H18Br2N2O3/c1-11-7-14(19)17(15(20)8-11)21-16(23)10-25-18(24)12-5-4-6-13(9-12)22(2)3/h4-9H,10H2,1-3H3,(H,21,23). The van der Waals surface area contributed by atoms with Crippen LogP contribution in [0.2, 0.25) is 0 Å². The van der Waals surface area contributed by atoms with Crippen molar-refractivity contribution in [3.63, 3.8) is 0 Å². The Morgan fingerprint density at radius 3 is 2.36 bits per heavy atom. The van der Waals surface area contributed by atoms with Crippen LogP contribution >= 0.6 is 31.9 Å². The maximum atomic E-state index is 12.1. The van der Waals surface area contributed by atoms with Crippen LogP contribution in [0.15, 0.2) is 45.3 Å². The lowest BCUT2D eigenvalue weighted by molar-refractivity contribution is -0.119. The number of halogens is 2. The summed E-state index contributed by atoms with van der Waals surface area (Å²) >= 11 is 6.82. The molecule has 1 N–H and O–H groups in total. The smallest absolute Gasteiger partial charge is 0.338 e. The van der Waals surface area contributed by atoms with Crippen molar-refractivity contribution in [2.24, 2.45) is 0 Å². The summed E-state index contributed by atoms with van der Waals surface area (Å²) in [6, 6.07) is 10.8. The van der Waals surface area contributed by atoms with Gasteiger partial charge in [-0.05, 0) is 74.7 Å². The van der Waals surface area contributed by atoms with Crippen LogP contribution in [0.4, 0.5) is 11.4 Å². The Kier molecular flexibility index (Phi) is 6.61. The van der Waals surface area contributed by atoms with E-state index in [0.717, 1.165) is 20.2 Å². The lowest BCUT2D eigenvalue weighted by Crippen LogP contribution is -2.21. The molecule has 0 saturated heterocycles. The van der Waals surface area contributed by atoms with Crippen LogP contribution in [-0.4, -0.2) is 32.6 Å². The number of ether oxygens (including phenoxy) is 1. The summed E-state index contributed by atoms with van der Waals surface area (Å²) in [5.41, 5.74) is 2.92. The van der Waals surface area contributed by atoms with Crippen LogP contribution in [-0.2, 0) is 9.53 Å². The molecule has 2 aromatic rings. The molecule has 7 heteroatoms. The van der Waals surface area contributed by atoms with Gasteiger partial charge in [0, 0.05) is 28.7 Å². The van der Waals surface area contributed by atoms with Gasteiger partial charge in [-0.3, -0.25) is 4.79 Å². The molecule has 0 fully saturated rings. The highest BCUT2D eigenvalue weighted by Crippen LogP contribution is 2.32. The minimum absolute atomic E-state index is 0.363. The fourth-order valence-corrected chi connectivity index (χ4v) is 3.73. The van der Waals surface area contributed by atoms with E-state index in [1.807, 2.05) is 44.1 Å². The van der Waals surface area contributed by atoms with Gasteiger partial charge >= 0.3 is 5.97 Å². The maximum Gasteiger partial charge on any atom is 0.338 e. The highest BCUT2D eigenvalue weighted by molar-refractivity contribution is 9.11. The van der Waals surface area contributed by atoms with E-state index in [1.165, 1.54) is 0 Å². The quantitative estimate of drug-likeness (QED) is 0.660. The first-order valence-electron chi connectivity index (χ1n) is 7.48. The predicted molar refractivity (Wildman–Crippen MR) is 106 cm³/mol. The highest BCUT2D eigenvalue weighted by Gasteiger charge is 2.14. The summed E-state index contributed by atoms with van der Waals surface area (Å²) in [5, 5.41) is 2.72. The molecule has 0 heterocycles. The molecule has 0 spiro atoms. The molecule has 1 amide bonds. The maximum absolute atomic E-state index is 12.1. The van der Waals surface area contributed by atoms with Gasteiger partial charge in [-0.1, -0.05) is 6.07 Å². The van der Waals surface area contributed by atoms with Crippen molar-refractivity contribution in [3.8, 4) is 0 Å². The number of anilines is 2. The molecule has 5 nitrogen and oxygen atoms in total. The Morgan fingerprint density at radius 2 is 1.76 bits per heavy atom. The van der Waals surface area contributed by atoms with E-state index in [-0.39, 0.29) is 6.61 Å². The molecule has 0 bridgehead atoms. The van der Waals surface area contributed by atoms with E-state index in [4.69, 9.17) is 4.74 Å². The average molecular weight is 470 g/mol. The molecule has 2 aromatic carbocycles. The van der Waals surface area contributed by atoms with E-state index in [2.05, 4.69) is 37.2 Å². The molecule has 0 aliphatic heterocycles. The summed E-state index contributed by atoms with van der Waals surface area (Å²) in [7, 11) is 3.77. The number of aryl methyl sites for hydroxylation is 1. The summed E-state index contributed by atoms with van der Waals surface area (Å²) in [6.45, 7) is 1.59. The Labute approximate surface area is 163 Å².